The molecular weight excluding hydrogens is 773 g/mol. The van der Waals surface area contributed by atoms with E-state index in [1.165, 1.54) is 0 Å². The van der Waals surface area contributed by atoms with Gasteiger partial charge in [0.25, 0.3) is 0 Å². The van der Waals surface area contributed by atoms with E-state index in [-0.39, 0.29) is 55.3 Å². The fourth-order valence-electron chi connectivity index (χ4n) is 9.36. The third-order valence-corrected chi connectivity index (χ3v) is 15.5. The van der Waals surface area contributed by atoms with Gasteiger partial charge in [-0.15, -0.1) is 0 Å². The third-order valence-electron chi connectivity index (χ3n) is 13.3. The molecule has 322 valence electrons. The number of pyridine rings is 1. The molecule has 1 aromatic carbocycles. The molecule has 4 fully saturated rings. The largest absolute Gasteiger partial charge is 0.472 e. The highest BCUT2D eigenvalue weighted by atomic mass is 32.2. The summed E-state index contributed by atoms with van der Waals surface area (Å²) in [7, 11) is -3.96. The van der Waals surface area contributed by atoms with Gasteiger partial charge < -0.3 is 24.0 Å². The molecule has 59 heavy (non-hydrogen) atoms. The average molecular weight is 835 g/mol. The minimum atomic E-state index is -3.96. The number of carbonyl (C=O) groups is 4. The second-order valence-electron chi connectivity index (χ2n) is 19.0. The number of ether oxygens (including phenoxy) is 3. The van der Waals surface area contributed by atoms with Gasteiger partial charge in [-0.1, -0.05) is 50.6 Å². The number of sulfonamides is 1. The molecule has 7 atom stereocenters. The number of allylic oxidation sites excluding steroid dienone is 2. The number of hydrogen-bond donors (Lipinski definition) is 1. The van der Waals surface area contributed by atoms with Gasteiger partial charge in [0.2, 0.25) is 27.7 Å². The number of fused-ring (bicyclic) bond motifs is 3. The van der Waals surface area contributed by atoms with Crippen LogP contribution in [0.4, 0.5) is 5.69 Å². The van der Waals surface area contributed by atoms with Gasteiger partial charge >= 0.3 is 5.97 Å². The highest BCUT2D eigenvalue weighted by Crippen LogP contribution is 2.58. The molecule has 2 aromatic rings. The van der Waals surface area contributed by atoms with Crippen molar-refractivity contribution in [2.75, 3.05) is 37.7 Å². The fourth-order valence-corrected chi connectivity index (χ4v) is 10.7. The molecule has 2 aliphatic carbocycles. The number of nitrogens with zero attached hydrogens (tertiary/aromatic N) is 3. The number of amides is 2. The van der Waals surface area contributed by atoms with E-state index in [9.17, 15) is 22.8 Å². The van der Waals surface area contributed by atoms with Gasteiger partial charge in [-0.05, 0) is 90.0 Å². The Bertz CT molecular complexity index is 2070. The molecule has 0 bridgehead atoms. The number of carbonyl (C=O) groups excluding carboxylic acids is 4. The first-order valence-electron chi connectivity index (χ1n) is 21.6. The summed E-state index contributed by atoms with van der Waals surface area (Å²) in [5.74, 6) is -2.43. The Labute approximate surface area is 349 Å². The molecule has 13 nitrogen and oxygen atoms in total. The summed E-state index contributed by atoms with van der Waals surface area (Å²) < 4.78 is 46.0. The zero-order valence-electron chi connectivity index (χ0n) is 35.5. The van der Waals surface area contributed by atoms with Crippen molar-refractivity contribution >= 4 is 50.1 Å². The molecule has 7 rings (SSSR count). The number of anilines is 1. The molecule has 0 radical (unpaired) electrons. The van der Waals surface area contributed by atoms with Gasteiger partial charge in [0, 0.05) is 36.7 Å². The first-order valence-corrected chi connectivity index (χ1v) is 23.1. The Morgan fingerprint density at radius 2 is 1.78 bits per heavy atom. The van der Waals surface area contributed by atoms with Crippen LogP contribution >= 0.6 is 0 Å². The van der Waals surface area contributed by atoms with Crippen molar-refractivity contribution in [2.45, 2.75) is 128 Å². The van der Waals surface area contributed by atoms with E-state index in [1.807, 2.05) is 43.3 Å². The number of hydrogen-bond acceptors (Lipinski definition) is 11. The molecule has 4 heterocycles. The molecular formula is C45H62N4O9S. The van der Waals surface area contributed by atoms with E-state index in [0.717, 1.165) is 42.4 Å². The van der Waals surface area contributed by atoms with Crippen LogP contribution in [0.25, 0.3) is 10.8 Å². The van der Waals surface area contributed by atoms with Crippen LogP contribution < -0.4 is 14.4 Å². The minimum absolute atomic E-state index is 0.0720. The van der Waals surface area contributed by atoms with Crippen molar-refractivity contribution in [2.24, 2.45) is 29.1 Å². The maximum atomic E-state index is 15.1. The first kappa shape index (κ1) is 43.1. The van der Waals surface area contributed by atoms with Gasteiger partial charge in [0.05, 0.1) is 60.2 Å². The Balaban J connectivity index is 1.23. The Hall–Kier alpha value is -4.04. The van der Waals surface area contributed by atoms with E-state index in [0.29, 0.717) is 51.2 Å². The predicted octanol–water partition coefficient (Wildman–Crippen LogP) is 6.13. The predicted molar refractivity (Wildman–Crippen MR) is 224 cm³/mol. The van der Waals surface area contributed by atoms with Gasteiger partial charge in [0.15, 0.2) is 5.78 Å². The SMILES string of the molecule is CC[C@@H]1C[C@H](C)CC/C=C\[C@@H]2C[C@@]2(C(=O)NS(=O)(=O)C2(C)CC2)CC(=O)[C@@H]2C[C@@H](Oc3ncc(N4CCOCC4)c4ccccc34)CN2C(=O)[C@H]1CC(=O)OC(C)(C)C. The molecule has 2 amide bonds. The number of Topliss-reactive ketones (excluding diaryl/α,β-unsaturated/α-hetero) is 1. The normalized spacial score (nSPS) is 30.7. The van der Waals surface area contributed by atoms with Gasteiger partial charge in [-0.25, -0.2) is 13.4 Å². The van der Waals surface area contributed by atoms with Crippen LogP contribution in [-0.2, 0) is 38.7 Å². The third kappa shape index (κ3) is 9.33. The van der Waals surface area contributed by atoms with Crippen LogP contribution in [0.2, 0.25) is 0 Å². The lowest BCUT2D eigenvalue weighted by atomic mass is 9.79. The summed E-state index contributed by atoms with van der Waals surface area (Å²) in [6, 6.07) is 6.91. The summed E-state index contributed by atoms with van der Waals surface area (Å²) in [5.41, 5.74) is -1.04. The van der Waals surface area contributed by atoms with Gasteiger partial charge in [0.1, 0.15) is 11.7 Å². The number of nitrogens with one attached hydrogen (secondary N) is 1. The standard InChI is InChI=1S/C45H62N4O9S/c1-7-30-22-29(2)12-8-9-13-31-25-45(31,42(53)47-59(54,55)44(6)16-17-44)26-38(50)36-23-32(28-49(36)41(52)35(30)24-39(51)58-43(3,4)5)57-40-34-15-11-10-14-33(34)37(27-46-40)48-18-20-56-21-19-48/h9-11,13-15,27,29-32,35-36H,7-8,12,16-26,28H2,1-6H3,(H,47,53)/b13-9-/t29-,30-,31-,32-,35+,36+,45-/m1/s1. The lowest BCUT2D eigenvalue weighted by Gasteiger charge is -2.33. The van der Waals surface area contributed by atoms with Gasteiger partial charge in [-0.2, -0.15) is 0 Å². The lowest BCUT2D eigenvalue weighted by Crippen LogP contribution is -2.48. The number of morpholine rings is 1. The average Bonchev–Trinajstić information content (AvgIpc) is 4.07. The second-order valence-corrected chi connectivity index (χ2v) is 21.2. The van der Waals surface area contributed by atoms with Crippen LogP contribution in [0.3, 0.4) is 0 Å². The quantitative estimate of drug-likeness (QED) is 0.229. The van der Waals surface area contributed by atoms with Crippen molar-refractivity contribution in [3.8, 4) is 5.88 Å². The zero-order chi connectivity index (χ0) is 42.3. The van der Waals surface area contributed by atoms with Gasteiger partial charge in [-0.3, -0.25) is 23.9 Å². The van der Waals surface area contributed by atoms with Crippen LogP contribution in [0.1, 0.15) is 106 Å². The number of esters is 1. The molecule has 3 aliphatic heterocycles. The Kier molecular flexibility index (Phi) is 12.2. The highest BCUT2D eigenvalue weighted by molar-refractivity contribution is 7.91. The van der Waals surface area contributed by atoms with Crippen LogP contribution in [-0.4, -0.2) is 97.2 Å². The van der Waals surface area contributed by atoms with Crippen molar-refractivity contribution in [3.05, 3.63) is 42.6 Å². The van der Waals surface area contributed by atoms with Crippen molar-refractivity contribution in [3.63, 3.8) is 0 Å². The maximum absolute atomic E-state index is 15.1. The number of rotatable bonds is 9. The topological polar surface area (TPSA) is 162 Å². The van der Waals surface area contributed by atoms with E-state index in [2.05, 4.69) is 16.5 Å². The maximum Gasteiger partial charge on any atom is 0.307 e. The van der Waals surface area contributed by atoms with Crippen LogP contribution in [0.5, 0.6) is 5.88 Å². The van der Waals surface area contributed by atoms with Crippen LogP contribution in [0.15, 0.2) is 42.6 Å². The van der Waals surface area contributed by atoms with E-state index < -0.39 is 55.7 Å². The Morgan fingerprint density at radius 3 is 2.46 bits per heavy atom. The molecule has 14 heteroatoms. The zero-order valence-corrected chi connectivity index (χ0v) is 36.4. The van der Waals surface area contributed by atoms with E-state index in [1.54, 1.807) is 38.8 Å². The van der Waals surface area contributed by atoms with E-state index >= 15 is 4.79 Å². The fraction of sp³-hybridized carbons (Fsp3) is 0.667. The summed E-state index contributed by atoms with van der Waals surface area (Å²) >= 11 is 0. The first-order chi connectivity index (χ1) is 27.9. The number of benzene rings is 1. The molecule has 2 saturated heterocycles. The number of ketones is 1. The molecule has 1 N–H and O–H groups in total. The van der Waals surface area contributed by atoms with Crippen LogP contribution in [0, 0.1) is 29.1 Å². The molecule has 2 saturated carbocycles. The second kappa shape index (κ2) is 16.8. The lowest BCUT2D eigenvalue weighted by molar-refractivity contribution is -0.160. The van der Waals surface area contributed by atoms with Crippen molar-refractivity contribution in [1.82, 2.24) is 14.6 Å². The summed E-state index contributed by atoms with van der Waals surface area (Å²) in [5, 5.41) is 1.77. The highest BCUT2D eigenvalue weighted by Gasteiger charge is 2.62. The van der Waals surface area contributed by atoms with E-state index in [4.69, 9.17) is 19.2 Å². The monoisotopic (exact) mass is 834 g/mol. The van der Waals surface area contributed by atoms with Crippen molar-refractivity contribution in [1.29, 1.82) is 0 Å². The smallest absolute Gasteiger partial charge is 0.307 e. The summed E-state index contributed by atoms with van der Waals surface area (Å²) in [4.78, 5) is 66.2. The molecule has 0 unspecified atom stereocenters. The van der Waals surface area contributed by atoms with Crippen molar-refractivity contribution < 1.29 is 41.8 Å². The summed E-state index contributed by atoms with van der Waals surface area (Å²) in [6.45, 7) is 14.0. The molecule has 5 aliphatic rings. The molecule has 1 aromatic heterocycles. The Morgan fingerprint density at radius 1 is 1.07 bits per heavy atom. The summed E-state index contributed by atoms with van der Waals surface area (Å²) in [6.07, 6.45) is 9.11. The number of aromatic nitrogens is 1. The molecule has 0 spiro atoms. The minimum Gasteiger partial charge on any atom is -0.472 e.